The van der Waals surface area contributed by atoms with E-state index in [0.29, 0.717) is 18.6 Å². The third kappa shape index (κ3) is 5.12. The number of nitrogens with zero attached hydrogens (tertiary/aromatic N) is 2. The lowest BCUT2D eigenvalue weighted by atomic mass is 10.1. The molecule has 3 aromatic rings. The molecule has 3 aliphatic carbocycles. The second kappa shape index (κ2) is 11.1. The van der Waals surface area contributed by atoms with Gasteiger partial charge in [0.05, 0.1) is 17.4 Å². The van der Waals surface area contributed by atoms with E-state index in [0.717, 1.165) is 22.3 Å². The fourth-order valence-electron chi connectivity index (χ4n) is 6.39. The summed E-state index contributed by atoms with van der Waals surface area (Å²) in [7, 11) is -3.86. The largest absolute Gasteiger partial charge is 0.507 e. The second-order valence-electron chi connectivity index (χ2n) is 12.2. The minimum atomic E-state index is -3.86. The van der Waals surface area contributed by atoms with Crippen molar-refractivity contribution in [1.82, 2.24) is 14.9 Å². The van der Waals surface area contributed by atoms with Crippen LogP contribution in [0.3, 0.4) is 0 Å². The lowest BCUT2D eigenvalue weighted by molar-refractivity contribution is -0.131. The average Bonchev–Trinajstić information content (AvgIpc) is 3.96. The summed E-state index contributed by atoms with van der Waals surface area (Å²) >= 11 is 0. The first kappa shape index (κ1) is 29.7. The standard InChI is InChI=1S/C34H32N4O7S/c1-2-20-18-34(20,33(42)37-46(43,44)22-15-16-22)35-31(40)28-17-21(19-38(28)32(41)27-13-7-8-14-29(27)39)45-36-30-25-11-5-3-9-23(25)24-10-4-6-12-26(24)30/h2-14,20-22,28,39H,1,15-19H2,(H,35,40)(H,37,42)/t20-,21?,28?,34+/m1/s1. The van der Waals surface area contributed by atoms with Crippen LogP contribution in [0.15, 0.2) is 90.6 Å². The minimum Gasteiger partial charge on any atom is -0.507 e. The van der Waals surface area contributed by atoms with Gasteiger partial charge in [-0.1, -0.05) is 71.9 Å². The fourth-order valence-corrected chi connectivity index (χ4v) is 7.76. The number of fused-ring (bicyclic) bond motifs is 3. The zero-order chi connectivity index (χ0) is 32.2. The summed E-state index contributed by atoms with van der Waals surface area (Å²) in [4.78, 5) is 48.3. The van der Waals surface area contributed by atoms with Crippen LogP contribution in [0, 0.1) is 5.92 Å². The molecule has 1 heterocycles. The monoisotopic (exact) mass is 640 g/mol. The highest BCUT2D eigenvalue weighted by atomic mass is 32.2. The molecule has 0 radical (unpaired) electrons. The Hall–Kier alpha value is -4.97. The zero-order valence-electron chi connectivity index (χ0n) is 24.8. The third-order valence-corrected chi connectivity index (χ3v) is 11.0. The van der Waals surface area contributed by atoms with Gasteiger partial charge in [-0.05, 0) is 42.5 Å². The van der Waals surface area contributed by atoms with E-state index >= 15 is 0 Å². The van der Waals surface area contributed by atoms with E-state index in [2.05, 4.69) is 21.8 Å². The summed E-state index contributed by atoms with van der Waals surface area (Å²) in [5.41, 5.74) is 2.97. The highest BCUT2D eigenvalue weighted by Crippen LogP contribution is 2.45. The molecule has 236 valence electrons. The van der Waals surface area contributed by atoms with Crippen molar-refractivity contribution in [1.29, 1.82) is 0 Å². The maximum absolute atomic E-state index is 13.9. The van der Waals surface area contributed by atoms with E-state index in [1.54, 1.807) is 12.1 Å². The summed E-state index contributed by atoms with van der Waals surface area (Å²) in [6.45, 7) is 3.72. The van der Waals surface area contributed by atoms with Gasteiger partial charge < -0.3 is 20.2 Å². The first-order valence-corrected chi connectivity index (χ1v) is 16.7. The Morgan fingerprint density at radius 3 is 2.15 bits per heavy atom. The Kier molecular flexibility index (Phi) is 7.19. The molecule has 0 bridgehead atoms. The summed E-state index contributed by atoms with van der Waals surface area (Å²) < 4.78 is 27.2. The topological polar surface area (TPSA) is 154 Å². The number of hydrogen-bond donors (Lipinski definition) is 3. The van der Waals surface area contributed by atoms with Crippen LogP contribution in [-0.4, -0.2) is 71.3 Å². The molecule has 11 nitrogen and oxygen atoms in total. The molecule has 12 heteroatoms. The van der Waals surface area contributed by atoms with Crippen molar-refractivity contribution in [2.45, 2.75) is 48.6 Å². The van der Waals surface area contributed by atoms with Gasteiger partial charge in [-0.3, -0.25) is 19.1 Å². The number of carbonyl (C=O) groups excluding carboxylic acids is 3. The maximum Gasteiger partial charge on any atom is 0.259 e. The quantitative estimate of drug-likeness (QED) is 0.188. The molecule has 3 fully saturated rings. The van der Waals surface area contributed by atoms with Gasteiger partial charge in [0.2, 0.25) is 15.9 Å². The van der Waals surface area contributed by atoms with Crippen LogP contribution in [0.1, 0.15) is 47.2 Å². The molecule has 3 amide bonds. The molecule has 46 heavy (non-hydrogen) atoms. The molecule has 0 spiro atoms. The van der Waals surface area contributed by atoms with Crippen LogP contribution in [0.4, 0.5) is 0 Å². The van der Waals surface area contributed by atoms with Gasteiger partial charge >= 0.3 is 0 Å². The smallest absolute Gasteiger partial charge is 0.259 e. The number of nitrogens with one attached hydrogen (secondary N) is 2. The van der Waals surface area contributed by atoms with E-state index in [-0.39, 0.29) is 30.7 Å². The van der Waals surface area contributed by atoms with Gasteiger partial charge in [0.1, 0.15) is 29.1 Å². The molecule has 7 rings (SSSR count). The molecular formula is C34H32N4O7S. The van der Waals surface area contributed by atoms with Crippen molar-refractivity contribution in [3.05, 3.63) is 102 Å². The number of sulfonamides is 1. The van der Waals surface area contributed by atoms with Crippen molar-refractivity contribution in [3.63, 3.8) is 0 Å². The number of likely N-dealkylation sites (tertiary alicyclic amines) is 1. The Bertz CT molecular complexity index is 1870. The number of carbonyl (C=O) groups is 3. The predicted octanol–water partition coefficient (Wildman–Crippen LogP) is 3.09. The first-order chi connectivity index (χ1) is 22.1. The number of hydrogen-bond acceptors (Lipinski definition) is 8. The van der Waals surface area contributed by atoms with Gasteiger partial charge in [0, 0.05) is 23.5 Å². The van der Waals surface area contributed by atoms with E-state index < -0.39 is 56.6 Å². The molecule has 2 saturated carbocycles. The maximum atomic E-state index is 13.9. The van der Waals surface area contributed by atoms with Crippen LogP contribution in [0.25, 0.3) is 11.1 Å². The van der Waals surface area contributed by atoms with Crippen molar-refractivity contribution >= 4 is 33.5 Å². The number of phenolic OH excluding ortho intramolecular Hbond substituents is 1. The number of phenols is 1. The molecular weight excluding hydrogens is 608 g/mol. The third-order valence-electron chi connectivity index (χ3n) is 9.16. The molecule has 4 aliphatic rings. The molecule has 3 N–H and O–H groups in total. The molecule has 1 saturated heterocycles. The number of amides is 3. The van der Waals surface area contributed by atoms with Crippen LogP contribution in [0.5, 0.6) is 5.75 Å². The van der Waals surface area contributed by atoms with Crippen LogP contribution in [0.2, 0.25) is 0 Å². The Balaban J connectivity index is 1.16. The van der Waals surface area contributed by atoms with Gasteiger partial charge in [-0.2, -0.15) is 0 Å². The summed E-state index contributed by atoms with van der Waals surface area (Å²) in [5, 5.41) is 17.1. The number of aromatic hydroxyl groups is 1. The SMILES string of the molecule is C=C[C@@H]1C[C@@]1(NC(=O)C1CC(ON=C2c3ccccc3-c3ccccc32)CN1C(=O)c1ccccc1O)C(=O)NS(=O)(=O)C1CC1. The minimum absolute atomic E-state index is 0.00397. The molecule has 4 atom stereocenters. The van der Waals surface area contributed by atoms with Gasteiger partial charge in [-0.25, -0.2) is 8.42 Å². The first-order valence-electron chi connectivity index (χ1n) is 15.2. The summed E-state index contributed by atoms with van der Waals surface area (Å²) in [6.07, 6.45) is 1.96. The van der Waals surface area contributed by atoms with Crippen LogP contribution < -0.4 is 10.0 Å². The van der Waals surface area contributed by atoms with E-state index in [4.69, 9.17) is 4.84 Å². The normalized spacial score (nSPS) is 24.4. The van der Waals surface area contributed by atoms with Crippen molar-refractivity contribution in [2.24, 2.45) is 11.1 Å². The van der Waals surface area contributed by atoms with Crippen molar-refractivity contribution in [2.75, 3.05) is 6.54 Å². The van der Waals surface area contributed by atoms with Gasteiger partial charge in [0.15, 0.2) is 0 Å². The predicted molar refractivity (Wildman–Crippen MR) is 169 cm³/mol. The number of benzene rings is 3. The van der Waals surface area contributed by atoms with Gasteiger partial charge in [-0.15, -0.1) is 6.58 Å². The van der Waals surface area contributed by atoms with Crippen molar-refractivity contribution in [3.8, 4) is 16.9 Å². The zero-order valence-corrected chi connectivity index (χ0v) is 25.6. The van der Waals surface area contributed by atoms with Crippen LogP contribution >= 0.6 is 0 Å². The number of oxime groups is 1. The lowest BCUT2D eigenvalue weighted by Gasteiger charge is -2.26. The average molecular weight is 641 g/mol. The van der Waals surface area contributed by atoms with E-state index in [9.17, 15) is 27.9 Å². The molecule has 3 aromatic carbocycles. The van der Waals surface area contributed by atoms with E-state index in [1.807, 2.05) is 48.5 Å². The Morgan fingerprint density at radius 1 is 0.957 bits per heavy atom. The van der Waals surface area contributed by atoms with Crippen molar-refractivity contribution < 1.29 is 32.7 Å². The highest BCUT2D eigenvalue weighted by Gasteiger charge is 2.62. The Morgan fingerprint density at radius 2 is 1.57 bits per heavy atom. The molecule has 1 aliphatic heterocycles. The summed E-state index contributed by atoms with van der Waals surface area (Å²) in [6, 6.07) is 20.6. The number of para-hydroxylation sites is 1. The second-order valence-corrected chi connectivity index (χ2v) is 14.1. The molecule has 0 aromatic heterocycles. The fraction of sp³-hybridized carbons (Fsp3) is 0.294. The van der Waals surface area contributed by atoms with Crippen LogP contribution in [-0.2, 0) is 24.4 Å². The summed E-state index contributed by atoms with van der Waals surface area (Å²) in [5.74, 6) is -2.81. The lowest BCUT2D eigenvalue weighted by Crippen LogP contribution is -2.56. The van der Waals surface area contributed by atoms with Gasteiger partial charge in [0.25, 0.3) is 11.8 Å². The van der Waals surface area contributed by atoms with E-state index in [1.165, 1.54) is 23.1 Å². The molecule has 2 unspecified atom stereocenters. The Labute approximate surface area is 266 Å². The number of rotatable bonds is 9. The highest BCUT2D eigenvalue weighted by molar-refractivity contribution is 7.91.